The number of aryl methyl sites for hydroxylation is 1. The predicted molar refractivity (Wildman–Crippen MR) is 101 cm³/mol. The summed E-state index contributed by atoms with van der Waals surface area (Å²) >= 11 is 0. The van der Waals surface area contributed by atoms with Gasteiger partial charge in [-0.25, -0.2) is 0 Å². The molecule has 0 aliphatic carbocycles. The summed E-state index contributed by atoms with van der Waals surface area (Å²) < 4.78 is 5.12. The van der Waals surface area contributed by atoms with E-state index >= 15 is 0 Å². The number of nitrogens with one attached hydrogen (secondary N) is 1. The summed E-state index contributed by atoms with van der Waals surface area (Å²) in [6, 6.07) is 13.4. The summed E-state index contributed by atoms with van der Waals surface area (Å²) in [6.45, 7) is 1.33. The lowest BCUT2D eigenvalue weighted by atomic mass is 9.95. The van der Waals surface area contributed by atoms with Crippen molar-refractivity contribution >= 4 is 11.8 Å². The van der Waals surface area contributed by atoms with E-state index in [-0.39, 0.29) is 24.3 Å². The van der Waals surface area contributed by atoms with Gasteiger partial charge < -0.3 is 19.7 Å². The van der Waals surface area contributed by atoms with Crippen molar-refractivity contribution in [1.29, 1.82) is 0 Å². The molecule has 1 aliphatic heterocycles. The van der Waals surface area contributed by atoms with Gasteiger partial charge in [-0.3, -0.25) is 9.59 Å². The van der Waals surface area contributed by atoms with Crippen LogP contribution in [0.1, 0.15) is 36.7 Å². The number of furan rings is 1. The number of hydrogen-bond donors (Lipinski definition) is 2. The Balaban J connectivity index is 1.37. The molecule has 2 heterocycles. The topological polar surface area (TPSA) is 82.8 Å². The van der Waals surface area contributed by atoms with Crippen LogP contribution in [0.25, 0.3) is 0 Å². The average molecular weight is 370 g/mol. The molecule has 2 amide bonds. The summed E-state index contributed by atoms with van der Waals surface area (Å²) in [4.78, 5) is 26.5. The lowest BCUT2D eigenvalue weighted by Gasteiger charge is -2.31. The zero-order chi connectivity index (χ0) is 19.1. The fraction of sp³-hybridized carbons (Fsp3) is 0.429. The lowest BCUT2D eigenvalue weighted by Crippen LogP contribution is -2.43. The van der Waals surface area contributed by atoms with Crippen molar-refractivity contribution in [2.75, 3.05) is 19.6 Å². The van der Waals surface area contributed by atoms with Gasteiger partial charge in [0.05, 0.1) is 12.8 Å². The predicted octanol–water partition coefficient (Wildman–Crippen LogP) is 2.30. The Morgan fingerprint density at radius 3 is 2.56 bits per heavy atom. The maximum Gasteiger partial charge on any atom is 0.223 e. The number of benzene rings is 1. The quantitative estimate of drug-likeness (QED) is 0.783. The second-order valence-corrected chi connectivity index (χ2v) is 6.92. The van der Waals surface area contributed by atoms with Crippen LogP contribution in [0.5, 0.6) is 0 Å². The van der Waals surface area contributed by atoms with Crippen LogP contribution < -0.4 is 5.32 Å². The molecule has 1 unspecified atom stereocenters. The van der Waals surface area contributed by atoms with Gasteiger partial charge in [-0.05, 0) is 37.0 Å². The van der Waals surface area contributed by atoms with Gasteiger partial charge in [0.25, 0.3) is 0 Å². The third kappa shape index (κ3) is 5.44. The van der Waals surface area contributed by atoms with Crippen LogP contribution in [0.4, 0.5) is 0 Å². The summed E-state index contributed by atoms with van der Waals surface area (Å²) in [5, 5.41) is 12.7. The van der Waals surface area contributed by atoms with E-state index in [1.54, 1.807) is 12.1 Å². The Kier molecular flexibility index (Phi) is 6.65. The number of aliphatic hydroxyl groups excluding tert-OH is 1. The summed E-state index contributed by atoms with van der Waals surface area (Å²) in [5.41, 5.74) is 1.16. The molecule has 2 N–H and O–H groups in total. The minimum Gasteiger partial charge on any atom is -0.467 e. The van der Waals surface area contributed by atoms with Crippen molar-refractivity contribution in [3.05, 3.63) is 60.1 Å². The Morgan fingerprint density at radius 1 is 1.15 bits per heavy atom. The Bertz CT molecular complexity index is 722. The van der Waals surface area contributed by atoms with Gasteiger partial charge in [-0.15, -0.1) is 0 Å². The van der Waals surface area contributed by atoms with E-state index in [4.69, 9.17) is 4.42 Å². The molecule has 3 rings (SSSR count). The fourth-order valence-electron chi connectivity index (χ4n) is 3.37. The molecule has 1 atom stereocenters. The number of piperidine rings is 1. The Morgan fingerprint density at radius 2 is 1.89 bits per heavy atom. The van der Waals surface area contributed by atoms with Crippen LogP contribution in [-0.2, 0) is 16.0 Å². The molecule has 1 aromatic heterocycles. The molecule has 0 radical (unpaired) electrons. The molecule has 144 valence electrons. The molecule has 2 aromatic rings. The van der Waals surface area contributed by atoms with Crippen molar-refractivity contribution in [1.82, 2.24) is 10.2 Å². The maximum atomic E-state index is 12.4. The molecule has 0 saturated carbocycles. The van der Waals surface area contributed by atoms with Crippen LogP contribution >= 0.6 is 0 Å². The van der Waals surface area contributed by atoms with Gasteiger partial charge in [0, 0.05) is 25.4 Å². The minimum absolute atomic E-state index is 0.0722. The number of hydrogen-bond acceptors (Lipinski definition) is 4. The molecule has 0 bridgehead atoms. The summed E-state index contributed by atoms with van der Waals surface area (Å²) in [7, 11) is 0. The van der Waals surface area contributed by atoms with Crippen LogP contribution in [0, 0.1) is 5.92 Å². The molecule has 0 spiro atoms. The number of carbonyl (C=O) groups is 2. The first-order chi connectivity index (χ1) is 13.1. The maximum absolute atomic E-state index is 12.4. The highest BCUT2D eigenvalue weighted by atomic mass is 16.4. The highest BCUT2D eigenvalue weighted by molar-refractivity contribution is 5.80. The monoisotopic (exact) mass is 370 g/mol. The first kappa shape index (κ1) is 19.2. The molecule has 1 fully saturated rings. The highest BCUT2D eigenvalue weighted by Gasteiger charge is 2.27. The van der Waals surface area contributed by atoms with Crippen LogP contribution in [0.3, 0.4) is 0 Å². The van der Waals surface area contributed by atoms with Crippen LogP contribution in [-0.4, -0.2) is 41.5 Å². The van der Waals surface area contributed by atoms with Gasteiger partial charge in [0.15, 0.2) is 0 Å². The zero-order valence-corrected chi connectivity index (χ0v) is 15.3. The van der Waals surface area contributed by atoms with Gasteiger partial charge in [-0.2, -0.15) is 0 Å². The van der Waals surface area contributed by atoms with E-state index in [2.05, 4.69) is 5.32 Å². The van der Waals surface area contributed by atoms with E-state index in [1.807, 2.05) is 35.2 Å². The second-order valence-electron chi connectivity index (χ2n) is 6.92. The molecule has 1 saturated heterocycles. The Labute approximate surface area is 159 Å². The molecular formula is C21H26N2O4. The molecular weight excluding hydrogens is 344 g/mol. The van der Waals surface area contributed by atoms with E-state index in [0.29, 0.717) is 38.1 Å². The average Bonchev–Trinajstić information content (AvgIpc) is 3.26. The standard InChI is InChI=1S/C21H26N2O4/c24-18(19-7-4-14-27-19)15-22-21(26)17-10-12-23(13-11-17)20(25)9-8-16-5-2-1-3-6-16/h1-7,14,17-18,24H,8-13,15H2,(H,22,26). The normalized spacial score (nSPS) is 16.1. The second kappa shape index (κ2) is 9.37. The van der Waals surface area contributed by atoms with Crippen molar-refractivity contribution in [2.45, 2.75) is 31.8 Å². The first-order valence-corrected chi connectivity index (χ1v) is 9.44. The number of aliphatic hydroxyl groups is 1. The molecule has 6 nitrogen and oxygen atoms in total. The van der Waals surface area contributed by atoms with Gasteiger partial charge in [0.1, 0.15) is 11.9 Å². The number of rotatable bonds is 7. The minimum atomic E-state index is -0.844. The number of likely N-dealkylation sites (tertiary alicyclic amines) is 1. The van der Waals surface area contributed by atoms with Gasteiger partial charge in [0.2, 0.25) is 11.8 Å². The van der Waals surface area contributed by atoms with Crippen molar-refractivity contribution in [3.63, 3.8) is 0 Å². The highest BCUT2D eigenvalue weighted by Crippen LogP contribution is 2.19. The molecule has 1 aliphatic rings. The van der Waals surface area contributed by atoms with Gasteiger partial charge >= 0.3 is 0 Å². The number of amides is 2. The zero-order valence-electron chi connectivity index (χ0n) is 15.3. The summed E-state index contributed by atoms with van der Waals surface area (Å²) in [5.74, 6) is 0.393. The fourth-order valence-corrected chi connectivity index (χ4v) is 3.37. The van der Waals surface area contributed by atoms with Gasteiger partial charge in [-0.1, -0.05) is 30.3 Å². The van der Waals surface area contributed by atoms with E-state index in [1.165, 1.54) is 6.26 Å². The van der Waals surface area contributed by atoms with E-state index in [9.17, 15) is 14.7 Å². The largest absolute Gasteiger partial charge is 0.467 e. The molecule has 27 heavy (non-hydrogen) atoms. The molecule has 6 heteroatoms. The Hall–Kier alpha value is -2.60. The van der Waals surface area contributed by atoms with Crippen molar-refractivity contribution < 1.29 is 19.1 Å². The number of nitrogens with zero attached hydrogens (tertiary/aromatic N) is 1. The van der Waals surface area contributed by atoms with E-state index in [0.717, 1.165) is 12.0 Å². The van der Waals surface area contributed by atoms with Crippen molar-refractivity contribution in [2.24, 2.45) is 5.92 Å². The lowest BCUT2D eigenvalue weighted by molar-refractivity contribution is -0.135. The van der Waals surface area contributed by atoms with Crippen LogP contribution in [0.2, 0.25) is 0 Å². The van der Waals surface area contributed by atoms with Crippen LogP contribution in [0.15, 0.2) is 53.1 Å². The van der Waals surface area contributed by atoms with Crippen molar-refractivity contribution in [3.8, 4) is 0 Å². The third-order valence-electron chi connectivity index (χ3n) is 5.03. The summed E-state index contributed by atoms with van der Waals surface area (Å²) in [6.07, 6.45) is 3.19. The smallest absolute Gasteiger partial charge is 0.223 e. The third-order valence-corrected chi connectivity index (χ3v) is 5.03. The SMILES string of the molecule is O=C(NCC(O)c1ccco1)C1CCN(C(=O)CCc2ccccc2)CC1. The van der Waals surface area contributed by atoms with E-state index < -0.39 is 6.10 Å². The first-order valence-electron chi connectivity index (χ1n) is 9.44. The molecule has 1 aromatic carbocycles. The number of carbonyl (C=O) groups excluding carboxylic acids is 2.